The van der Waals surface area contributed by atoms with E-state index in [4.69, 9.17) is 0 Å². The minimum absolute atomic E-state index is 0.182. The normalized spacial score (nSPS) is 18.1. The van der Waals surface area contributed by atoms with Crippen LogP contribution in [-0.2, 0) is 6.54 Å². The third kappa shape index (κ3) is 1.65. The Balaban J connectivity index is 2.02. The van der Waals surface area contributed by atoms with Gasteiger partial charge < -0.3 is 0 Å². The van der Waals surface area contributed by atoms with Crippen LogP contribution in [0.1, 0.15) is 23.1 Å². The summed E-state index contributed by atoms with van der Waals surface area (Å²) in [7, 11) is 0. The lowest BCUT2D eigenvalue weighted by Crippen LogP contribution is -2.47. The van der Waals surface area contributed by atoms with Gasteiger partial charge in [0, 0.05) is 26.6 Å². The Bertz CT molecular complexity index is 346. The van der Waals surface area contributed by atoms with E-state index >= 15 is 0 Å². The summed E-state index contributed by atoms with van der Waals surface area (Å²) in [5.74, 6) is -0.182. The first-order chi connectivity index (χ1) is 6.66. The van der Waals surface area contributed by atoms with E-state index in [1.807, 2.05) is 4.90 Å². The molecular formula is C8H10FN3O2. The van der Waals surface area contributed by atoms with Gasteiger partial charge in [0.25, 0.3) is 0 Å². The average molecular weight is 199 g/mol. The number of halogens is 1. The van der Waals surface area contributed by atoms with Crippen LogP contribution in [0.4, 0.5) is 4.39 Å². The van der Waals surface area contributed by atoms with Gasteiger partial charge >= 0.3 is 0 Å². The van der Waals surface area contributed by atoms with Crippen LogP contribution in [0, 0.1) is 0 Å². The lowest BCUT2D eigenvalue weighted by molar-refractivity contribution is 0.0569. The fourth-order valence-electron chi connectivity index (χ4n) is 1.43. The van der Waals surface area contributed by atoms with Crippen LogP contribution in [-0.4, -0.2) is 40.3 Å². The first-order valence-electron chi connectivity index (χ1n) is 4.35. The molecule has 0 amide bonds. The number of nitrogens with zero attached hydrogens (tertiary/aromatic N) is 3. The molecule has 2 rings (SSSR count). The van der Waals surface area contributed by atoms with Gasteiger partial charge in [-0.25, -0.2) is 9.02 Å². The Kier molecular flexibility index (Phi) is 2.28. The van der Waals surface area contributed by atoms with Crippen molar-refractivity contribution in [3.8, 4) is 0 Å². The summed E-state index contributed by atoms with van der Waals surface area (Å²) in [6, 6.07) is 0. The zero-order valence-corrected chi connectivity index (χ0v) is 7.73. The van der Waals surface area contributed by atoms with Crippen LogP contribution in [0.25, 0.3) is 0 Å². The summed E-state index contributed by atoms with van der Waals surface area (Å²) in [5, 5.41) is 7.10. The molecule has 0 spiro atoms. The summed E-state index contributed by atoms with van der Waals surface area (Å²) in [6.45, 7) is 2.62. The molecule has 2 heterocycles. The maximum absolute atomic E-state index is 12.5. The van der Waals surface area contributed by atoms with Crippen LogP contribution >= 0.6 is 0 Å². The summed E-state index contributed by atoms with van der Waals surface area (Å²) in [6.07, 6.45) is -0.754. The Morgan fingerprint density at radius 1 is 1.64 bits per heavy atom. The van der Waals surface area contributed by atoms with Gasteiger partial charge in [-0.1, -0.05) is 5.16 Å². The summed E-state index contributed by atoms with van der Waals surface area (Å²) < 4.78 is 16.9. The molecule has 1 saturated heterocycles. The molecule has 0 atom stereocenters. The van der Waals surface area contributed by atoms with Crippen molar-refractivity contribution in [3.05, 3.63) is 11.4 Å². The third-order valence-corrected chi connectivity index (χ3v) is 2.18. The quantitative estimate of drug-likeness (QED) is 0.660. The summed E-state index contributed by atoms with van der Waals surface area (Å²) >= 11 is 0. The second kappa shape index (κ2) is 3.45. The number of rotatable bonds is 3. The maximum atomic E-state index is 12.5. The molecule has 5 nitrogen and oxygen atoms in total. The van der Waals surface area contributed by atoms with Gasteiger partial charge in [-0.05, 0) is 5.16 Å². The van der Waals surface area contributed by atoms with Gasteiger partial charge in [-0.2, -0.15) is 0 Å². The molecular weight excluding hydrogens is 189 g/mol. The summed E-state index contributed by atoms with van der Waals surface area (Å²) in [4.78, 5) is 12.9. The number of aromatic nitrogens is 2. The van der Waals surface area contributed by atoms with Crippen molar-refractivity contribution in [2.24, 2.45) is 0 Å². The van der Waals surface area contributed by atoms with E-state index in [0.717, 1.165) is 0 Å². The van der Waals surface area contributed by atoms with E-state index < -0.39 is 6.17 Å². The lowest BCUT2D eigenvalue weighted by atomic mass is 10.1. The van der Waals surface area contributed by atoms with Crippen molar-refractivity contribution >= 4 is 5.78 Å². The number of Topliss-reactive ketones (excluding diaryl/α,β-unsaturated/α-hetero) is 1. The molecule has 1 aromatic rings. The zero-order valence-electron chi connectivity index (χ0n) is 7.73. The fourth-order valence-corrected chi connectivity index (χ4v) is 1.43. The van der Waals surface area contributed by atoms with Crippen molar-refractivity contribution in [1.29, 1.82) is 0 Å². The van der Waals surface area contributed by atoms with Crippen LogP contribution in [0.5, 0.6) is 0 Å². The van der Waals surface area contributed by atoms with E-state index in [9.17, 15) is 9.18 Å². The fraction of sp³-hybridized carbons (Fsp3) is 0.625. The van der Waals surface area contributed by atoms with E-state index in [1.165, 1.54) is 6.92 Å². The van der Waals surface area contributed by atoms with E-state index in [-0.39, 0.29) is 11.5 Å². The molecule has 1 aromatic heterocycles. The molecule has 0 N–H and O–H groups in total. The van der Waals surface area contributed by atoms with Gasteiger partial charge in [-0.3, -0.25) is 9.69 Å². The molecule has 1 fully saturated rings. The van der Waals surface area contributed by atoms with Crippen molar-refractivity contribution in [2.75, 3.05) is 13.1 Å². The van der Waals surface area contributed by atoms with Crippen molar-refractivity contribution in [1.82, 2.24) is 15.2 Å². The maximum Gasteiger partial charge on any atom is 0.183 e. The Hall–Kier alpha value is -1.30. The monoisotopic (exact) mass is 199 g/mol. The highest BCUT2D eigenvalue weighted by Gasteiger charge is 2.28. The van der Waals surface area contributed by atoms with E-state index in [0.29, 0.717) is 25.3 Å². The third-order valence-electron chi connectivity index (χ3n) is 2.18. The Morgan fingerprint density at radius 2 is 2.36 bits per heavy atom. The molecule has 14 heavy (non-hydrogen) atoms. The second-order valence-corrected chi connectivity index (χ2v) is 3.41. The van der Waals surface area contributed by atoms with Gasteiger partial charge in [-0.15, -0.1) is 0 Å². The van der Waals surface area contributed by atoms with Gasteiger partial charge in [0.2, 0.25) is 0 Å². The van der Waals surface area contributed by atoms with Crippen LogP contribution in [0.2, 0.25) is 0 Å². The standard InChI is InChI=1S/C8H10FN3O2/c1-5(13)8-7(10-14-11-8)4-12-2-6(9)3-12/h6H,2-4H2,1H3. The minimum atomic E-state index is -0.754. The predicted molar refractivity (Wildman–Crippen MR) is 44.5 cm³/mol. The molecule has 0 aliphatic carbocycles. The molecule has 0 bridgehead atoms. The average Bonchev–Trinajstić information content (AvgIpc) is 2.49. The molecule has 1 aliphatic heterocycles. The highest BCUT2D eigenvalue weighted by atomic mass is 19.1. The van der Waals surface area contributed by atoms with E-state index in [2.05, 4.69) is 14.9 Å². The number of alkyl halides is 1. The van der Waals surface area contributed by atoms with Crippen molar-refractivity contribution in [3.63, 3.8) is 0 Å². The topological polar surface area (TPSA) is 59.2 Å². The molecule has 0 radical (unpaired) electrons. The molecule has 0 aromatic carbocycles. The number of hydrogen-bond donors (Lipinski definition) is 0. The SMILES string of the molecule is CC(=O)c1nonc1CN1CC(F)C1. The number of carbonyl (C=O) groups is 1. The highest BCUT2D eigenvalue weighted by Crippen LogP contribution is 2.16. The number of ketones is 1. The first kappa shape index (κ1) is 9.26. The minimum Gasteiger partial charge on any atom is -0.293 e. The molecule has 0 saturated carbocycles. The number of hydrogen-bond acceptors (Lipinski definition) is 5. The van der Waals surface area contributed by atoms with Crippen LogP contribution in [0.15, 0.2) is 4.63 Å². The highest BCUT2D eigenvalue weighted by molar-refractivity contribution is 5.92. The predicted octanol–water partition coefficient (Wildman–Crippen LogP) is 0.426. The van der Waals surface area contributed by atoms with Crippen LogP contribution < -0.4 is 0 Å². The van der Waals surface area contributed by atoms with Crippen molar-refractivity contribution < 1.29 is 13.8 Å². The van der Waals surface area contributed by atoms with Gasteiger partial charge in [0.05, 0.1) is 0 Å². The van der Waals surface area contributed by atoms with Gasteiger partial charge in [0.15, 0.2) is 11.5 Å². The van der Waals surface area contributed by atoms with Crippen molar-refractivity contribution in [2.45, 2.75) is 19.6 Å². The summed E-state index contributed by atoms with van der Waals surface area (Å²) in [5.41, 5.74) is 0.733. The molecule has 0 unspecified atom stereocenters. The zero-order chi connectivity index (χ0) is 10.1. The Morgan fingerprint density at radius 3 is 2.93 bits per heavy atom. The number of carbonyl (C=O) groups excluding carboxylic acids is 1. The largest absolute Gasteiger partial charge is 0.293 e. The van der Waals surface area contributed by atoms with Gasteiger partial charge in [0.1, 0.15) is 11.9 Å². The molecule has 76 valence electrons. The first-order valence-corrected chi connectivity index (χ1v) is 4.35. The smallest absolute Gasteiger partial charge is 0.183 e. The Labute approximate surface area is 79.8 Å². The van der Waals surface area contributed by atoms with Crippen LogP contribution in [0.3, 0.4) is 0 Å². The van der Waals surface area contributed by atoms with E-state index in [1.54, 1.807) is 0 Å². The molecule has 6 heteroatoms. The number of likely N-dealkylation sites (tertiary alicyclic amines) is 1. The molecule has 1 aliphatic rings. The lowest BCUT2D eigenvalue weighted by Gasteiger charge is -2.33. The second-order valence-electron chi connectivity index (χ2n) is 3.41.